The second-order valence-corrected chi connectivity index (χ2v) is 7.76. The second-order valence-electron chi connectivity index (χ2n) is 7.76. The molecule has 7 heteroatoms. The van der Waals surface area contributed by atoms with Gasteiger partial charge in [0.05, 0.1) is 37.8 Å². The van der Waals surface area contributed by atoms with Crippen LogP contribution in [0.2, 0.25) is 0 Å². The molecule has 3 aromatic rings. The normalized spacial score (nSPS) is 14.7. The lowest BCUT2D eigenvalue weighted by atomic mass is 10.0. The lowest BCUT2D eigenvalue weighted by molar-refractivity contribution is 0.260. The number of para-hydroxylation sites is 2. The molecule has 0 bridgehead atoms. The van der Waals surface area contributed by atoms with Crippen molar-refractivity contribution in [3.05, 3.63) is 60.3 Å². The number of aromatic nitrogens is 2. The predicted molar refractivity (Wildman–Crippen MR) is 122 cm³/mol. The van der Waals surface area contributed by atoms with Crippen molar-refractivity contribution in [1.29, 1.82) is 0 Å². The lowest BCUT2D eigenvalue weighted by Gasteiger charge is -2.36. The molecule has 4 rings (SSSR count). The fourth-order valence-electron chi connectivity index (χ4n) is 4.21. The number of phenols is 1. The number of aromatic hydroxyl groups is 1. The number of anilines is 1. The zero-order chi connectivity index (χ0) is 21.6. The fourth-order valence-corrected chi connectivity index (χ4v) is 4.21. The van der Waals surface area contributed by atoms with Gasteiger partial charge in [-0.05, 0) is 48.4 Å². The Hall–Kier alpha value is -3.03. The van der Waals surface area contributed by atoms with E-state index in [9.17, 15) is 10.2 Å². The molecule has 0 unspecified atom stereocenters. The van der Waals surface area contributed by atoms with Crippen LogP contribution in [0.1, 0.15) is 5.56 Å². The highest BCUT2D eigenvalue weighted by Crippen LogP contribution is 2.29. The van der Waals surface area contributed by atoms with Crippen molar-refractivity contribution in [2.75, 3.05) is 51.3 Å². The third-order valence-corrected chi connectivity index (χ3v) is 5.86. The molecule has 164 valence electrons. The van der Waals surface area contributed by atoms with Gasteiger partial charge in [0.25, 0.3) is 0 Å². The molecule has 1 aliphatic rings. The monoisotopic (exact) mass is 422 g/mol. The van der Waals surface area contributed by atoms with Gasteiger partial charge in [-0.25, -0.2) is 0 Å². The molecule has 2 heterocycles. The average molecular weight is 423 g/mol. The first-order valence-corrected chi connectivity index (χ1v) is 10.7. The van der Waals surface area contributed by atoms with E-state index >= 15 is 0 Å². The Morgan fingerprint density at radius 1 is 0.968 bits per heavy atom. The summed E-state index contributed by atoms with van der Waals surface area (Å²) in [5.41, 5.74) is 4.33. The van der Waals surface area contributed by atoms with E-state index in [1.165, 1.54) is 0 Å². The number of hydrogen-bond donors (Lipinski definition) is 2. The van der Waals surface area contributed by atoms with Crippen molar-refractivity contribution in [2.45, 2.75) is 13.0 Å². The molecule has 1 fully saturated rings. The summed E-state index contributed by atoms with van der Waals surface area (Å²) in [5.74, 6) is 1.16. The van der Waals surface area contributed by atoms with E-state index in [0.29, 0.717) is 6.54 Å². The molecule has 0 atom stereocenters. The number of benzene rings is 2. The van der Waals surface area contributed by atoms with Crippen molar-refractivity contribution in [2.24, 2.45) is 0 Å². The van der Waals surface area contributed by atoms with Gasteiger partial charge in [0.15, 0.2) is 0 Å². The number of nitrogens with zero attached hydrogens (tertiary/aromatic N) is 4. The van der Waals surface area contributed by atoms with Crippen molar-refractivity contribution in [1.82, 2.24) is 14.7 Å². The van der Waals surface area contributed by atoms with Gasteiger partial charge in [-0.2, -0.15) is 5.10 Å². The minimum Gasteiger partial charge on any atom is -0.508 e. The predicted octanol–water partition coefficient (Wildman–Crippen LogP) is 2.62. The Morgan fingerprint density at radius 2 is 1.71 bits per heavy atom. The summed E-state index contributed by atoms with van der Waals surface area (Å²) in [7, 11) is 1.72. The third kappa shape index (κ3) is 4.84. The maximum absolute atomic E-state index is 9.63. The van der Waals surface area contributed by atoms with E-state index in [0.717, 1.165) is 67.4 Å². The van der Waals surface area contributed by atoms with Crippen molar-refractivity contribution in [3.8, 4) is 22.8 Å². The van der Waals surface area contributed by atoms with Gasteiger partial charge in [-0.15, -0.1) is 0 Å². The number of hydrogen-bond acceptors (Lipinski definition) is 6. The first-order chi connectivity index (χ1) is 15.2. The van der Waals surface area contributed by atoms with Gasteiger partial charge >= 0.3 is 0 Å². The van der Waals surface area contributed by atoms with Gasteiger partial charge < -0.3 is 19.8 Å². The largest absolute Gasteiger partial charge is 0.508 e. The molecule has 7 nitrogen and oxygen atoms in total. The topological polar surface area (TPSA) is 74.0 Å². The average Bonchev–Trinajstić information content (AvgIpc) is 3.21. The van der Waals surface area contributed by atoms with Gasteiger partial charge in [0.2, 0.25) is 0 Å². The zero-order valence-electron chi connectivity index (χ0n) is 17.9. The minimum absolute atomic E-state index is 0.0388. The third-order valence-electron chi connectivity index (χ3n) is 5.86. The number of phenolic OH excluding ortho intramolecular Hbond substituents is 1. The van der Waals surface area contributed by atoms with Crippen LogP contribution in [0.5, 0.6) is 11.5 Å². The first-order valence-electron chi connectivity index (χ1n) is 10.7. The molecule has 31 heavy (non-hydrogen) atoms. The van der Waals surface area contributed by atoms with E-state index in [4.69, 9.17) is 4.74 Å². The molecule has 1 saturated heterocycles. The van der Waals surface area contributed by atoms with Crippen molar-refractivity contribution < 1.29 is 14.9 Å². The number of piperazine rings is 1. The molecule has 0 aliphatic carbocycles. The van der Waals surface area contributed by atoms with E-state index < -0.39 is 0 Å². The van der Waals surface area contributed by atoms with Crippen LogP contribution in [0.4, 0.5) is 5.69 Å². The fraction of sp³-hybridized carbons (Fsp3) is 0.375. The van der Waals surface area contributed by atoms with Crippen LogP contribution in [-0.2, 0) is 13.0 Å². The number of ether oxygens (including phenoxy) is 1. The molecule has 0 spiro atoms. The molecule has 2 N–H and O–H groups in total. The number of methoxy groups -OCH3 is 1. The van der Waals surface area contributed by atoms with Crippen LogP contribution < -0.4 is 9.64 Å². The summed E-state index contributed by atoms with van der Waals surface area (Å²) >= 11 is 0. The molecule has 0 saturated carbocycles. The summed E-state index contributed by atoms with van der Waals surface area (Å²) in [6.07, 6.45) is 2.79. The smallest absolute Gasteiger partial charge is 0.142 e. The van der Waals surface area contributed by atoms with Crippen LogP contribution in [0.3, 0.4) is 0 Å². The summed E-state index contributed by atoms with van der Waals surface area (Å²) in [5, 5.41) is 23.5. The van der Waals surface area contributed by atoms with Crippen LogP contribution in [-0.4, -0.2) is 71.3 Å². The van der Waals surface area contributed by atoms with Gasteiger partial charge in [-0.1, -0.05) is 12.1 Å². The molecule has 1 aromatic heterocycles. The van der Waals surface area contributed by atoms with E-state index in [2.05, 4.69) is 27.0 Å². The van der Waals surface area contributed by atoms with Gasteiger partial charge in [-0.3, -0.25) is 9.58 Å². The summed E-state index contributed by atoms with van der Waals surface area (Å²) in [6, 6.07) is 15.4. The van der Waals surface area contributed by atoms with E-state index in [-0.39, 0.29) is 12.4 Å². The molecular weight excluding hydrogens is 392 g/mol. The molecular formula is C24H30N4O3. The summed E-state index contributed by atoms with van der Waals surface area (Å²) in [4.78, 5) is 4.87. The highest BCUT2D eigenvalue weighted by molar-refractivity contribution is 5.64. The summed E-state index contributed by atoms with van der Waals surface area (Å²) < 4.78 is 7.37. The number of rotatable bonds is 8. The molecule has 2 aromatic carbocycles. The number of aliphatic hydroxyl groups excluding tert-OH is 1. The van der Waals surface area contributed by atoms with Gasteiger partial charge in [0.1, 0.15) is 11.5 Å². The zero-order valence-corrected chi connectivity index (χ0v) is 17.9. The molecule has 1 aliphatic heterocycles. The second kappa shape index (κ2) is 9.85. The number of aliphatic hydroxyl groups is 1. The van der Waals surface area contributed by atoms with E-state index in [1.54, 1.807) is 19.2 Å². The van der Waals surface area contributed by atoms with Crippen LogP contribution >= 0.6 is 0 Å². The first kappa shape index (κ1) is 21.2. The van der Waals surface area contributed by atoms with Crippen molar-refractivity contribution >= 4 is 5.69 Å². The standard InChI is InChI=1S/C24H30N4O3/c1-31-23-5-3-2-4-22(23)27-14-12-26(13-15-27)11-10-20-18-25-28(16-17-29)24(20)19-6-8-21(30)9-7-19/h2-9,18,29-30H,10-17H2,1H3. The lowest BCUT2D eigenvalue weighted by Crippen LogP contribution is -2.47. The summed E-state index contributed by atoms with van der Waals surface area (Å²) in [6.45, 7) is 5.37. The van der Waals surface area contributed by atoms with Gasteiger partial charge in [0, 0.05) is 38.3 Å². The quantitative estimate of drug-likeness (QED) is 0.581. The van der Waals surface area contributed by atoms with Crippen LogP contribution in [0, 0.1) is 0 Å². The minimum atomic E-state index is 0.0388. The maximum Gasteiger partial charge on any atom is 0.142 e. The Morgan fingerprint density at radius 3 is 2.42 bits per heavy atom. The maximum atomic E-state index is 9.63. The Bertz CT molecular complexity index is 979. The molecule has 0 radical (unpaired) electrons. The highest BCUT2D eigenvalue weighted by atomic mass is 16.5. The van der Waals surface area contributed by atoms with Crippen LogP contribution in [0.15, 0.2) is 54.7 Å². The molecule has 0 amide bonds. The SMILES string of the molecule is COc1ccccc1N1CCN(CCc2cnn(CCO)c2-c2ccc(O)cc2)CC1. The van der Waals surface area contributed by atoms with Crippen molar-refractivity contribution in [3.63, 3.8) is 0 Å². The van der Waals surface area contributed by atoms with E-state index in [1.807, 2.05) is 35.1 Å². The Balaban J connectivity index is 1.40. The highest BCUT2D eigenvalue weighted by Gasteiger charge is 2.20. The van der Waals surface area contributed by atoms with Crippen LogP contribution in [0.25, 0.3) is 11.3 Å². The Labute approximate surface area is 183 Å². The Kier molecular flexibility index (Phi) is 6.74.